The van der Waals surface area contributed by atoms with Crippen molar-refractivity contribution in [2.24, 2.45) is 0 Å². The van der Waals surface area contributed by atoms with Gasteiger partial charge in [-0.25, -0.2) is 0 Å². The molecule has 0 amide bonds. The molecule has 3 rings (SSSR count). The van der Waals surface area contributed by atoms with Crippen molar-refractivity contribution in [2.75, 3.05) is 13.7 Å². The average Bonchev–Trinajstić information content (AvgIpc) is 3.04. The number of fused-ring (bicyclic) bond motifs is 1. The van der Waals surface area contributed by atoms with Crippen LogP contribution in [0.4, 0.5) is 0 Å². The van der Waals surface area contributed by atoms with E-state index in [0.29, 0.717) is 6.10 Å². The van der Waals surface area contributed by atoms with E-state index in [1.807, 2.05) is 7.05 Å². The van der Waals surface area contributed by atoms with Gasteiger partial charge in [0.2, 0.25) is 0 Å². The molecule has 1 atom stereocenters. The van der Waals surface area contributed by atoms with E-state index in [2.05, 4.69) is 40.2 Å². The van der Waals surface area contributed by atoms with E-state index in [1.165, 1.54) is 29.4 Å². The minimum Gasteiger partial charge on any atom is -0.378 e. The van der Waals surface area contributed by atoms with Gasteiger partial charge >= 0.3 is 0 Å². The van der Waals surface area contributed by atoms with Crippen LogP contribution < -0.4 is 5.32 Å². The lowest BCUT2D eigenvalue weighted by Gasteiger charge is -2.14. The Labute approximate surface area is 114 Å². The predicted molar refractivity (Wildman–Crippen MR) is 78.3 cm³/mol. The number of benzene rings is 1. The van der Waals surface area contributed by atoms with Crippen molar-refractivity contribution in [3.05, 3.63) is 36.0 Å². The highest BCUT2D eigenvalue weighted by Crippen LogP contribution is 2.22. The number of nitrogens with one attached hydrogen (secondary N) is 1. The molecule has 1 unspecified atom stereocenters. The van der Waals surface area contributed by atoms with E-state index in [-0.39, 0.29) is 0 Å². The van der Waals surface area contributed by atoms with Crippen LogP contribution in [0, 0.1) is 0 Å². The van der Waals surface area contributed by atoms with Crippen LogP contribution in [0.15, 0.2) is 30.3 Å². The maximum absolute atomic E-state index is 5.73. The second-order valence-electron chi connectivity index (χ2n) is 5.30. The molecule has 0 aliphatic carbocycles. The van der Waals surface area contributed by atoms with Gasteiger partial charge < -0.3 is 14.6 Å². The zero-order valence-corrected chi connectivity index (χ0v) is 11.6. The number of aryl methyl sites for hydroxylation is 1. The van der Waals surface area contributed by atoms with Gasteiger partial charge in [-0.15, -0.1) is 0 Å². The zero-order chi connectivity index (χ0) is 13.1. The summed E-state index contributed by atoms with van der Waals surface area (Å²) in [4.78, 5) is 0. The molecule has 2 aromatic rings. The topological polar surface area (TPSA) is 26.2 Å². The first kappa shape index (κ1) is 12.7. The number of nitrogens with zero attached hydrogens (tertiary/aromatic N) is 1. The minimum atomic E-state index is 0.462. The van der Waals surface area contributed by atoms with Crippen LogP contribution in [0.1, 0.15) is 25.0 Å². The highest BCUT2D eigenvalue weighted by atomic mass is 16.5. The number of para-hydroxylation sites is 1. The van der Waals surface area contributed by atoms with E-state index in [1.54, 1.807) is 0 Å². The summed E-state index contributed by atoms with van der Waals surface area (Å²) in [5.74, 6) is 0. The van der Waals surface area contributed by atoms with E-state index >= 15 is 0 Å². The van der Waals surface area contributed by atoms with Crippen molar-refractivity contribution in [1.82, 2.24) is 9.88 Å². The molecule has 102 valence electrons. The van der Waals surface area contributed by atoms with E-state index in [4.69, 9.17) is 4.74 Å². The Morgan fingerprint density at radius 2 is 2.26 bits per heavy atom. The Morgan fingerprint density at radius 1 is 1.37 bits per heavy atom. The molecule has 3 nitrogen and oxygen atoms in total. The third kappa shape index (κ3) is 2.67. The van der Waals surface area contributed by atoms with Crippen molar-refractivity contribution in [3.8, 4) is 0 Å². The van der Waals surface area contributed by atoms with Crippen LogP contribution in [0.5, 0.6) is 0 Å². The standard InChI is InChI=1S/C16H22N2O/c1-17-12-14-11-13-5-2-3-7-16(13)18(14)9-8-15-6-4-10-19-15/h2-3,5,7,11,15,17H,4,6,8-10,12H2,1H3. The molecule has 0 radical (unpaired) electrons. The molecule has 1 N–H and O–H groups in total. The zero-order valence-electron chi connectivity index (χ0n) is 11.6. The summed E-state index contributed by atoms with van der Waals surface area (Å²) in [6.07, 6.45) is 4.03. The molecule has 0 bridgehead atoms. The van der Waals surface area contributed by atoms with Gasteiger partial charge in [0.25, 0.3) is 0 Å². The molecule has 2 heterocycles. The second kappa shape index (κ2) is 5.76. The fraction of sp³-hybridized carbons (Fsp3) is 0.500. The van der Waals surface area contributed by atoms with Crippen LogP contribution in [0.25, 0.3) is 10.9 Å². The molecule has 19 heavy (non-hydrogen) atoms. The molecular weight excluding hydrogens is 236 g/mol. The second-order valence-corrected chi connectivity index (χ2v) is 5.30. The van der Waals surface area contributed by atoms with E-state index in [0.717, 1.165) is 26.1 Å². The highest BCUT2D eigenvalue weighted by molar-refractivity contribution is 5.81. The molecule has 3 heteroatoms. The maximum atomic E-state index is 5.73. The summed E-state index contributed by atoms with van der Waals surface area (Å²) in [6.45, 7) is 2.91. The monoisotopic (exact) mass is 258 g/mol. The van der Waals surface area contributed by atoms with Gasteiger partial charge in [0.05, 0.1) is 6.10 Å². The first-order valence-electron chi connectivity index (χ1n) is 7.22. The summed E-state index contributed by atoms with van der Waals surface area (Å²) >= 11 is 0. The van der Waals surface area contributed by atoms with Gasteiger partial charge in [0.15, 0.2) is 0 Å². The van der Waals surface area contributed by atoms with Crippen LogP contribution in [0.3, 0.4) is 0 Å². The molecular formula is C16H22N2O. The molecule has 1 aliphatic heterocycles. The Kier molecular flexibility index (Phi) is 3.85. The Bertz CT molecular complexity index is 541. The maximum Gasteiger partial charge on any atom is 0.0593 e. The fourth-order valence-corrected chi connectivity index (χ4v) is 3.00. The third-order valence-electron chi connectivity index (χ3n) is 3.95. The number of hydrogen-bond acceptors (Lipinski definition) is 2. The summed E-state index contributed by atoms with van der Waals surface area (Å²) in [6, 6.07) is 10.9. The van der Waals surface area contributed by atoms with Crippen LogP contribution >= 0.6 is 0 Å². The predicted octanol–water partition coefficient (Wildman–Crippen LogP) is 2.93. The third-order valence-corrected chi connectivity index (χ3v) is 3.95. The summed E-state index contributed by atoms with van der Waals surface area (Å²) in [5, 5.41) is 4.59. The fourth-order valence-electron chi connectivity index (χ4n) is 3.00. The van der Waals surface area contributed by atoms with Gasteiger partial charge in [-0.05, 0) is 43.8 Å². The Balaban J connectivity index is 1.84. The molecule has 0 spiro atoms. The van der Waals surface area contributed by atoms with Crippen LogP contribution in [-0.4, -0.2) is 24.3 Å². The lowest BCUT2D eigenvalue weighted by Crippen LogP contribution is -2.14. The molecule has 1 aromatic heterocycles. The van der Waals surface area contributed by atoms with Gasteiger partial charge in [-0.2, -0.15) is 0 Å². The van der Waals surface area contributed by atoms with Gasteiger partial charge in [0, 0.05) is 30.9 Å². The first-order valence-corrected chi connectivity index (χ1v) is 7.22. The quantitative estimate of drug-likeness (QED) is 0.892. The molecule has 1 saturated heterocycles. The van der Waals surface area contributed by atoms with Crippen molar-refractivity contribution >= 4 is 10.9 Å². The number of ether oxygens (including phenoxy) is 1. The van der Waals surface area contributed by atoms with Crippen LogP contribution in [-0.2, 0) is 17.8 Å². The lowest BCUT2D eigenvalue weighted by molar-refractivity contribution is 0.100. The summed E-state index contributed by atoms with van der Waals surface area (Å²) in [5.41, 5.74) is 2.70. The number of hydrogen-bond donors (Lipinski definition) is 1. The lowest BCUT2D eigenvalue weighted by atomic mass is 10.2. The largest absolute Gasteiger partial charge is 0.378 e. The average molecular weight is 258 g/mol. The van der Waals surface area contributed by atoms with E-state index < -0.39 is 0 Å². The van der Waals surface area contributed by atoms with Crippen molar-refractivity contribution < 1.29 is 4.74 Å². The molecule has 1 aromatic carbocycles. The molecule has 1 aliphatic rings. The molecule has 0 saturated carbocycles. The van der Waals surface area contributed by atoms with Crippen molar-refractivity contribution in [3.63, 3.8) is 0 Å². The number of aromatic nitrogens is 1. The minimum absolute atomic E-state index is 0.462. The van der Waals surface area contributed by atoms with Crippen molar-refractivity contribution in [1.29, 1.82) is 0 Å². The summed E-state index contributed by atoms with van der Waals surface area (Å²) < 4.78 is 8.17. The van der Waals surface area contributed by atoms with Gasteiger partial charge in [0.1, 0.15) is 0 Å². The highest BCUT2D eigenvalue weighted by Gasteiger charge is 2.16. The normalized spacial score (nSPS) is 19.3. The SMILES string of the molecule is CNCc1cc2ccccc2n1CCC1CCCO1. The first-order chi connectivity index (χ1) is 9.38. The van der Waals surface area contributed by atoms with Crippen LogP contribution in [0.2, 0.25) is 0 Å². The van der Waals surface area contributed by atoms with Gasteiger partial charge in [-0.3, -0.25) is 0 Å². The van der Waals surface area contributed by atoms with Crippen molar-refractivity contribution in [2.45, 2.75) is 38.5 Å². The smallest absolute Gasteiger partial charge is 0.0593 e. The van der Waals surface area contributed by atoms with Gasteiger partial charge in [-0.1, -0.05) is 18.2 Å². The Morgan fingerprint density at radius 3 is 3.05 bits per heavy atom. The molecule has 1 fully saturated rings. The number of rotatable bonds is 5. The summed E-state index contributed by atoms with van der Waals surface area (Å²) in [7, 11) is 2.00. The Hall–Kier alpha value is -1.32. The van der Waals surface area contributed by atoms with E-state index in [9.17, 15) is 0 Å².